The zero-order valence-electron chi connectivity index (χ0n) is 14.2. The molecule has 0 saturated heterocycles. The summed E-state index contributed by atoms with van der Waals surface area (Å²) in [5, 5.41) is 6.83. The summed E-state index contributed by atoms with van der Waals surface area (Å²) in [6, 6.07) is 5.30. The van der Waals surface area contributed by atoms with Crippen LogP contribution in [0, 0.1) is 12.8 Å². The number of anilines is 1. The standard InChI is InChI=1S/C17H21N3O3S/c1-5-22-15-8-13(6-7-14(15)23-16(21)11(2)3)9-18-20-17-19-12(4)10-24-17/h6-11H,5H2,1-4H3,(H,19,20). The Morgan fingerprint density at radius 3 is 2.83 bits per heavy atom. The number of hydrogen-bond donors (Lipinski definition) is 1. The van der Waals surface area contributed by atoms with E-state index in [0.717, 1.165) is 16.4 Å². The van der Waals surface area contributed by atoms with Crippen LogP contribution in [-0.4, -0.2) is 23.8 Å². The quantitative estimate of drug-likeness (QED) is 0.356. The Balaban J connectivity index is 2.10. The van der Waals surface area contributed by atoms with Crippen molar-refractivity contribution in [1.29, 1.82) is 0 Å². The van der Waals surface area contributed by atoms with Crippen LogP contribution in [0.1, 0.15) is 32.0 Å². The molecule has 0 radical (unpaired) electrons. The first-order chi connectivity index (χ1) is 11.5. The van der Waals surface area contributed by atoms with Crippen LogP contribution in [0.4, 0.5) is 5.13 Å². The average Bonchev–Trinajstić information content (AvgIpc) is 2.95. The van der Waals surface area contributed by atoms with Gasteiger partial charge < -0.3 is 9.47 Å². The van der Waals surface area contributed by atoms with Gasteiger partial charge in [-0.1, -0.05) is 13.8 Å². The Labute approximate surface area is 145 Å². The summed E-state index contributed by atoms with van der Waals surface area (Å²) >= 11 is 1.49. The first-order valence-electron chi connectivity index (χ1n) is 7.69. The van der Waals surface area contributed by atoms with Gasteiger partial charge >= 0.3 is 5.97 Å². The number of nitrogens with zero attached hydrogens (tertiary/aromatic N) is 2. The third-order valence-corrected chi connectivity index (χ3v) is 3.81. The van der Waals surface area contributed by atoms with Gasteiger partial charge in [-0.25, -0.2) is 4.98 Å². The van der Waals surface area contributed by atoms with Gasteiger partial charge in [0.15, 0.2) is 11.5 Å². The second-order valence-corrected chi connectivity index (χ2v) is 6.24. The lowest BCUT2D eigenvalue weighted by atomic mass is 10.2. The lowest BCUT2D eigenvalue weighted by molar-refractivity contribution is -0.137. The summed E-state index contributed by atoms with van der Waals surface area (Å²) < 4.78 is 10.9. The number of ether oxygens (including phenoxy) is 2. The van der Waals surface area contributed by atoms with Crippen molar-refractivity contribution < 1.29 is 14.3 Å². The zero-order chi connectivity index (χ0) is 17.5. The van der Waals surface area contributed by atoms with Gasteiger partial charge in [-0.15, -0.1) is 11.3 Å². The number of esters is 1. The van der Waals surface area contributed by atoms with E-state index in [9.17, 15) is 4.79 Å². The van der Waals surface area contributed by atoms with E-state index in [1.165, 1.54) is 11.3 Å². The molecule has 1 aromatic heterocycles. The fraction of sp³-hybridized carbons (Fsp3) is 0.353. The van der Waals surface area contributed by atoms with Crippen molar-refractivity contribution in [3.63, 3.8) is 0 Å². The van der Waals surface area contributed by atoms with Crippen LogP contribution >= 0.6 is 11.3 Å². The maximum Gasteiger partial charge on any atom is 0.313 e. The summed E-state index contributed by atoms with van der Waals surface area (Å²) in [5.41, 5.74) is 4.65. The molecule has 24 heavy (non-hydrogen) atoms. The molecule has 0 fully saturated rings. The minimum Gasteiger partial charge on any atom is -0.490 e. The minimum atomic E-state index is -0.293. The minimum absolute atomic E-state index is 0.202. The molecule has 0 bridgehead atoms. The normalized spacial score (nSPS) is 11.0. The smallest absolute Gasteiger partial charge is 0.313 e. The van der Waals surface area contributed by atoms with Crippen LogP contribution in [0.2, 0.25) is 0 Å². The zero-order valence-corrected chi connectivity index (χ0v) is 15.0. The third-order valence-electron chi connectivity index (χ3n) is 2.94. The molecule has 0 unspecified atom stereocenters. The number of thiazole rings is 1. The fourth-order valence-corrected chi connectivity index (χ4v) is 2.39. The molecule has 0 aliphatic heterocycles. The number of aromatic nitrogens is 1. The summed E-state index contributed by atoms with van der Waals surface area (Å²) in [6.07, 6.45) is 1.66. The molecule has 2 rings (SSSR count). The Morgan fingerprint density at radius 2 is 2.21 bits per heavy atom. The molecule has 1 aromatic carbocycles. The van der Waals surface area contributed by atoms with E-state index >= 15 is 0 Å². The highest BCUT2D eigenvalue weighted by Gasteiger charge is 2.14. The van der Waals surface area contributed by atoms with Gasteiger partial charge in [-0.3, -0.25) is 10.2 Å². The lowest BCUT2D eigenvalue weighted by Crippen LogP contribution is -2.15. The van der Waals surface area contributed by atoms with Crippen molar-refractivity contribution in [1.82, 2.24) is 4.98 Å². The van der Waals surface area contributed by atoms with Crippen molar-refractivity contribution in [2.75, 3.05) is 12.0 Å². The van der Waals surface area contributed by atoms with Crippen molar-refractivity contribution in [2.24, 2.45) is 11.0 Å². The van der Waals surface area contributed by atoms with Gasteiger partial charge in [0, 0.05) is 5.38 Å². The highest BCUT2D eigenvalue weighted by molar-refractivity contribution is 7.13. The predicted octanol–water partition coefficient (Wildman–Crippen LogP) is 3.86. The molecule has 0 atom stereocenters. The molecule has 2 aromatic rings. The number of rotatable bonds is 7. The van der Waals surface area contributed by atoms with E-state index in [4.69, 9.17) is 9.47 Å². The van der Waals surface area contributed by atoms with Crippen LogP contribution in [0.3, 0.4) is 0 Å². The molecule has 0 saturated carbocycles. The van der Waals surface area contributed by atoms with Gasteiger partial charge in [0.25, 0.3) is 0 Å². The number of benzene rings is 1. The molecular formula is C17H21N3O3S. The van der Waals surface area contributed by atoms with E-state index < -0.39 is 0 Å². The predicted molar refractivity (Wildman–Crippen MR) is 96.2 cm³/mol. The van der Waals surface area contributed by atoms with Crippen molar-refractivity contribution >= 4 is 28.7 Å². The number of hydrazone groups is 1. The topological polar surface area (TPSA) is 72.8 Å². The van der Waals surface area contributed by atoms with E-state index in [1.807, 2.05) is 25.3 Å². The van der Waals surface area contributed by atoms with Gasteiger partial charge in [-0.2, -0.15) is 5.10 Å². The second kappa shape index (κ2) is 8.44. The molecule has 0 aliphatic rings. The first kappa shape index (κ1) is 17.9. The number of aryl methyl sites for hydroxylation is 1. The maximum absolute atomic E-state index is 11.8. The Morgan fingerprint density at radius 1 is 1.42 bits per heavy atom. The SMILES string of the molecule is CCOc1cc(C=NNc2nc(C)cs2)ccc1OC(=O)C(C)C. The first-order valence-corrected chi connectivity index (χ1v) is 8.57. The van der Waals surface area contributed by atoms with Crippen molar-refractivity contribution in [3.8, 4) is 11.5 Å². The Kier molecular flexibility index (Phi) is 6.31. The van der Waals surface area contributed by atoms with Crippen molar-refractivity contribution in [2.45, 2.75) is 27.7 Å². The molecule has 0 aliphatic carbocycles. The highest BCUT2D eigenvalue weighted by atomic mass is 32.1. The van der Waals surface area contributed by atoms with Crippen LogP contribution in [-0.2, 0) is 4.79 Å². The largest absolute Gasteiger partial charge is 0.490 e. The van der Waals surface area contributed by atoms with Crippen LogP contribution in [0.15, 0.2) is 28.7 Å². The van der Waals surface area contributed by atoms with E-state index in [-0.39, 0.29) is 11.9 Å². The summed E-state index contributed by atoms with van der Waals surface area (Å²) in [7, 11) is 0. The van der Waals surface area contributed by atoms with Crippen LogP contribution < -0.4 is 14.9 Å². The number of carbonyl (C=O) groups excluding carboxylic acids is 1. The lowest BCUT2D eigenvalue weighted by Gasteiger charge is -2.12. The number of nitrogens with one attached hydrogen (secondary N) is 1. The van der Waals surface area contributed by atoms with E-state index in [2.05, 4.69) is 15.5 Å². The van der Waals surface area contributed by atoms with Crippen LogP contribution in [0.5, 0.6) is 11.5 Å². The van der Waals surface area contributed by atoms with Gasteiger partial charge in [0.1, 0.15) is 0 Å². The Bertz CT molecular complexity index is 726. The monoisotopic (exact) mass is 347 g/mol. The summed E-state index contributed by atoms with van der Waals surface area (Å²) in [5.74, 6) is 0.432. The molecule has 7 heteroatoms. The second-order valence-electron chi connectivity index (χ2n) is 5.38. The fourth-order valence-electron chi connectivity index (χ4n) is 1.75. The van der Waals surface area contributed by atoms with Crippen LogP contribution in [0.25, 0.3) is 0 Å². The molecule has 1 N–H and O–H groups in total. The Hall–Kier alpha value is -2.41. The average molecular weight is 347 g/mol. The van der Waals surface area contributed by atoms with E-state index in [1.54, 1.807) is 32.2 Å². The molecular weight excluding hydrogens is 326 g/mol. The van der Waals surface area contributed by atoms with Crippen molar-refractivity contribution in [3.05, 3.63) is 34.8 Å². The molecule has 1 heterocycles. The molecule has 0 spiro atoms. The number of hydrogen-bond acceptors (Lipinski definition) is 7. The summed E-state index contributed by atoms with van der Waals surface area (Å²) in [6.45, 7) is 7.85. The van der Waals surface area contributed by atoms with Gasteiger partial charge in [-0.05, 0) is 37.6 Å². The molecule has 0 amide bonds. The maximum atomic E-state index is 11.8. The van der Waals surface area contributed by atoms with E-state index in [0.29, 0.717) is 18.1 Å². The van der Waals surface area contributed by atoms with Gasteiger partial charge in [0.2, 0.25) is 5.13 Å². The molecule has 128 valence electrons. The summed E-state index contributed by atoms with van der Waals surface area (Å²) in [4.78, 5) is 16.0. The highest BCUT2D eigenvalue weighted by Crippen LogP contribution is 2.28. The van der Waals surface area contributed by atoms with Gasteiger partial charge in [0.05, 0.1) is 24.4 Å². The number of carbonyl (C=O) groups is 1. The third kappa shape index (κ3) is 5.06. The molecule has 6 nitrogen and oxygen atoms in total.